The highest BCUT2D eigenvalue weighted by molar-refractivity contribution is 5.80. The minimum Gasteiger partial charge on any atom is -0.493 e. The number of aliphatic imine (C=N–C) groups is 1. The summed E-state index contributed by atoms with van der Waals surface area (Å²) < 4.78 is 19.1. The highest BCUT2D eigenvalue weighted by Gasteiger charge is 2.22. The first-order valence-corrected chi connectivity index (χ1v) is 10.3. The van der Waals surface area contributed by atoms with Crippen LogP contribution in [-0.4, -0.2) is 38.6 Å². The molecule has 30 heavy (non-hydrogen) atoms. The molecule has 1 aliphatic rings. The van der Waals surface area contributed by atoms with Gasteiger partial charge in [0.25, 0.3) is 0 Å². The van der Waals surface area contributed by atoms with Crippen molar-refractivity contribution in [1.29, 1.82) is 0 Å². The predicted octanol–water partition coefficient (Wildman–Crippen LogP) is 2.64. The van der Waals surface area contributed by atoms with Crippen LogP contribution in [0.1, 0.15) is 24.0 Å². The molecule has 1 saturated carbocycles. The summed E-state index contributed by atoms with van der Waals surface area (Å²) in [7, 11) is 1.70. The van der Waals surface area contributed by atoms with Gasteiger partial charge in [0.2, 0.25) is 5.91 Å². The number of hydrogen-bond acceptors (Lipinski definition) is 3. The maximum absolute atomic E-state index is 13.2. The molecule has 1 aliphatic carbocycles. The van der Waals surface area contributed by atoms with Gasteiger partial charge in [-0.05, 0) is 42.5 Å². The number of amides is 1. The summed E-state index contributed by atoms with van der Waals surface area (Å²) in [5.74, 6) is 1.77. The van der Waals surface area contributed by atoms with Crippen LogP contribution in [0.2, 0.25) is 0 Å². The highest BCUT2D eigenvalue weighted by Crippen LogP contribution is 2.30. The third-order valence-corrected chi connectivity index (χ3v) is 4.81. The van der Waals surface area contributed by atoms with Gasteiger partial charge in [0.05, 0.1) is 13.0 Å². The van der Waals surface area contributed by atoms with E-state index in [2.05, 4.69) is 20.9 Å². The maximum atomic E-state index is 13.2. The maximum Gasteiger partial charge on any atom is 0.224 e. The van der Waals surface area contributed by atoms with Gasteiger partial charge >= 0.3 is 0 Å². The van der Waals surface area contributed by atoms with Crippen LogP contribution in [0.3, 0.4) is 0 Å². The zero-order valence-corrected chi connectivity index (χ0v) is 17.3. The van der Waals surface area contributed by atoms with Crippen LogP contribution in [0.4, 0.5) is 4.39 Å². The Kier molecular flexibility index (Phi) is 8.06. The molecule has 6 nitrogen and oxygen atoms in total. The average molecular weight is 413 g/mol. The summed E-state index contributed by atoms with van der Waals surface area (Å²) in [6.45, 7) is 2.33. The number of nitrogens with one attached hydrogen (secondary N) is 3. The molecule has 0 saturated heterocycles. The summed E-state index contributed by atoms with van der Waals surface area (Å²) >= 11 is 0. The van der Waals surface area contributed by atoms with Gasteiger partial charge < -0.3 is 20.7 Å². The number of rotatable bonds is 10. The molecular weight excluding hydrogens is 383 g/mol. The molecule has 3 rings (SSSR count). The monoisotopic (exact) mass is 412 g/mol. The molecule has 0 aliphatic heterocycles. The SMILES string of the molecule is CN=C(NCCNC(=O)Cc1cccc(F)c1)NCc1ccccc1OCC1CC1. The van der Waals surface area contributed by atoms with Crippen LogP contribution in [-0.2, 0) is 17.8 Å². The van der Waals surface area contributed by atoms with Crippen LogP contribution in [0.5, 0.6) is 5.75 Å². The lowest BCUT2D eigenvalue weighted by Gasteiger charge is -2.15. The fraction of sp³-hybridized carbons (Fsp3) is 0.391. The Labute approximate surface area is 176 Å². The quantitative estimate of drug-likeness (QED) is 0.319. The van der Waals surface area contributed by atoms with E-state index in [0.717, 1.165) is 17.9 Å². The lowest BCUT2D eigenvalue weighted by molar-refractivity contribution is -0.120. The summed E-state index contributed by atoms with van der Waals surface area (Å²) in [6, 6.07) is 14.1. The Morgan fingerprint density at radius 3 is 2.67 bits per heavy atom. The van der Waals surface area contributed by atoms with E-state index in [9.17, 15) is 9.18 Å². The lowest BCUT2D eigenvalue weighted by atomic mass is 10.1. The Hall–Kier alpha value is -3.09. The van der Waals surface area contributed by atoms with E-state index in [1.165, 1.54) is 25.0 Å². The Bertz CT molecular complexity index is 868. The molecule has 0 aromatic heterocycles. The van der Waals surface area contributed by atoms with E-state index < -0.39 is 0 Å². The fourth-order valence-electron chi connectivity index (χ4n) is 2.96. The van der Waals surface area contributed by atoms with Gasteiger partial charge in [0.15, 0.2) is 5.96 Å². The van der Waals surface area contributed by atoms with E-state index in [0.29, 0.717) is 37.1 Å². The van der Waals surface area contributed by atoms with Gasteiger partial charge in [-0.3, -0.25) is 9.79 Å². The van der Waals surface area contributed by atoms with E-state index in [1.54, 1.807) is 19.2 Å². The third-order valence-electron chi connectivity index (χ3n) is 4.81. The smallest absolute Gasteiger partial charge is 0.224 e. The van der Waals surface area contributed by atoms with Crippen LogP contribution >= 0.6 is 0 Å². The average Bonchev–Trinajstić information content (AvgIpc) is 3.57. The van der Waals surface area contributed by atoms with Crippen molar-refractivity contribution in [2.45, 2.75) is 25.8 Å². The summed E-state index contributed by atoms with van der Waals surface area (Å²) in [4.78, 5) is 16.2. The van der Waals surface area contributed by atoms with E-state index in [-0.39, 0.29) is 18.1 Å². The molecule has 0 bridgehead atoms. The number of carbonyl (C=O) groups excluding carboxylic acids is 1. The highest BCUT2D eigenvalue weighted by atomic mass is 19.1. The summed E-state index contributed by atoms with van der Waals surface area (Å²) in [5.41, 5.74) is 1.73. The number of benzene rings is 2. The summed E-state index contributed by atoms with van der Waals surface area (Å²) in [6.07, 6.45) is 2.67. The first-order valence-electron chi connectivity index (χ1n) is 10.3. The zero-order chi connectivity index (χ0) is 21.2. The molecule has 0 spiro atoms. The molecular formula is C23H29FN4O2. The van der Waals surface area contributed by atoms with Gasteiger partial charge in [-0.15, -0.1) is 0 Å². The fourth-order valence-corrected chi connectivity index (χ4v) is 2.96. The number of ether oxygens (including phenoxy) is 1. The van der Waals surface area contributed by atoms with Crippen LogP contribution < -0.4 is 20.7 Å². The normalized spacial score (nSPS) is 13.6. The molecule has 1 fully saturated rings. The molecule has 2 aromatic carbocycles. The Morgan fingerprint density at radius 2 is 1.90 bits per heavy atom. The standard InChI is InChI=1S/C23H29FN4O2/c1-25-23(27-12-11-26-22(29)14-18-5-4-7-20(24)13-18)28-15-19-6-2-3-8-21(19)30-16-17-9-10-17/h2-8,13,17H,9-12,14-16H2,1H3,(H,26,29)(H2,25,27,28). The number of nitrogens with zero attached hydrogens (tertiary/aromatic N) is 1. The van der Waals surface area contributed by atoms with Crippen molar-refractivity contribution in [2.24, 2.45) is 10.9 Å². The van der Waals surface area contributed by atoms with E-state index >= 15 is 0 Å². The minimum atomic E-state index is -0.337. The molecule has 0 heterocycles. The van der Waals surface area contributed by atoms with Gasteiger partial charge in [-0.2, -0.15) is 0 Å². The number of para-hydroxylation sites is 1. The van der Waals surface area contributed by atoms with Gasteiger partial charge in [0, 0.05) is 32.2 Å². The Morgan fingerprint density at radius 1 is 1.10 bits per heavy atom. The number of carbonyl (C=O) groups is 1. The topological polar surface area (TPSA) is 74.8 Å². The van der Waals surface area contributed by atoms with Crippen molar-refractivity contribution in [3.8, 4) is 5.75 Å². The largest absolute Gasteiger partial charge is 0.493 e. The zero-order valence-electron chi connectivity index (χ0n) is 17.3. The molecule has 7 heteroatoms. The Balaban J connectivity index is 1.36. The van der Waals surface area contributed by atoms with Crippen molar-refractivity contribution >= 4 is 11.9 Å². The number of guanidine groups is 1. The summed E-state index contributed by atoms with van der Waals surface area (Å²) in [5, 5.41) is 9.26. The van der Waals surface area contributed by atoms with Crippen LogP contribution in [0.15, 0.2) is 53.5 Å². The third kappa shape index (κ3) is 7.39. The van der Waals surface area contributed by atoms with Crippen molar-refractivity contribution in [3.63, 3.8) is 0 Å². The first kappa shape index (κ1) is 21.6. The molecule has 0 atom stereocenters. The molecule has 0 radical (unpaired) electrons. The molecule has 1 amide bonds. The van der Waals surface area contributed by atoms with Crippen LogP contribution in [0.25, 0.3) is 0 Å². The van der Waals surface area contributed by atoms with Crippen molar-refractivity contribution in [3.05, 3.63) is 65.5 Å². The second-order valence-electron chi connectivity index (χ2n) is 7.37. The number of halogens is 1. The second-order valence-corrected chi connectivity index (χ2v) is 7.37. The van der Waals surface area contributed by atoms with Gasteiger partial charge in [-0.25, -0.2) is 4.39 Å². The van der Waals surface area contributed by atoms with Crippen molar-refractivity contribution < 1.29 is 13.9 Å². The molecule has 3 N–H and O–H groups in total. The molecule has 0 unspecified atom stereocenters. The van der Waals surface area contributed by atoms with Gasteiger partial charge in [0.1, 0.15) is 11.6 Å². The molecule has 160 valence electrons. The van der Waals surface area contributed by atoms with E-state index in [1.807, 2.05) is 24.3 Å². The van der Waals surface area contributed by atoms with Crippen LogP contribution in [0, 0.1) is 11.7 Å². The minimum absolute atomic E-state index is 0.146. The second kappa shape index (κ2) is 11.2. The van der Waals surface area contributed by atoms with E-state index in [4.69, 9.17) is 4.74 Å². The van der Waals surface area contributed by atoms with Crippen molar-refractivity contribution in [1.82, 2.24) is 16.0 Å². The molecule has 2 aromatic rings. The van der Waals surface area contributed by atoms with Gasteiger partial charge in [-0.1, -0.05) is 30.3 Å². The lowest BCUT2D eigenvalue weighted by Crippen LogP contribution is -2.41. The number of hydrogen-bond donors (Lipinski definition) is 3. The predicted molar refractivity (Wildman–Crippen MR) is 116 cm³/mol. The van der Waals surface area contributed by atoms with Crippen molar-refractivity contribution in [2.75, 3.05) is 26.7 Å². The first-order chi connectivity index (χ1) is 14.6.